The monoisotopic (exact) mass is 316 g/mol. The lowest BCUT2D eigenvalue weighted by Gasteiger charge is -2.04. The van der Waals surface area contributed by atoms with Crippen molar-refractivity contribution in [3.8, 4) is 11.3 Å². The van der Waals surface area contributed by atoms with E-state index in [2.05, 4.69) is 81.0 Å². The molecule has 0 saturated carbocycles. The van der Waals surface area contributed by atoms with Crippen molar-refractivity contribution in [1.29, 1.82) is 0 Å². The molecule has 4 aromatic rings. The Morgan fingerprint density at radius 3 is 2.50 bits per heavy atom. The van der Waals surface area contributed by atoms with Gasteiger partial charge in [0.15, 0.2) is 6.20 Å². The molecule has 2 aromatic heterocycles. The summed E-state index contributed by atoms with van der Waals surface area (Å²) in [6, 6.07) is 17.2. The number of hydrogen-bond donors (Lipinski definition) is 0. The summed E-state index contributed by atoms with van der Waals surface area (Å²) in [5, 5.41) is 2.37. The van der Waals surface area contributed by atoms with Crippen molar-refractivity contribution in [1.82, 2.24) is 0 Å². The zero-order valence-electron chi connectivity index (χ0n) is 14.6. The lowest BCUT2D eigenvalue weighted by molar-refractivity contribution is -0.660. The number of fused-ring (bicyclic) bond motifs is 3. The van der Waals surface area contributed by atoms with Gasteiger partial charge in [-0.1, -0.05) is 38.1 Å². The van der Waals surface area contributed by atoms with Crippen molar-refractivity contribution in [2.24, 2.45) is 7.05 Å². The molecule has 0 atom stereocenters. The van der Waals surface area contributed by atoms with Crippen LogP contribution in [0, 0.1) is 6.92 Å². The molecule has 0 N–H and O–H groups in total. The largest absolute Gasteiger partial charge is 0.455 e. The molecule has 2 aromatic carbocycles. The fourth-order valence-electron chi connectivity index (χ4n) is 3.42. The van der Waals surface area contributed by atoms with Gasteiger partial charge >= 0.3 is 0 Å². The summed E-state index contributed by atoms with van der Waals surface area (Å²) >= 11 is 0. The van der Waals surface area contributed by atoms with Crippen LogP contribution in [0.2, 0.25) is 0 Å². The standard InChI is InChI=1S/C22H22NO/c1-14(2)16-9-11-17-18-10-8-15(3)21(22(18)24-20(17)13-16)19-7-5-6-12-23(19)4/h5-14H,1-4H3/q+1. The van der Waals surface area contributed by atoms with Crippen LogP contribution in [-0.2, 0) is 7.05 Å². The number of rotatable bonds is 2. The van der Waals surface area contributed by atoms with Gasteiger partial charge in [-0.3, -0.25) is 0 Å². The third-order valence-corrected chi connectivity index (χ3v) is 4.85. The molecular weight excluding hydrogens is 294 g/mol. The SMILES string of the molecule is Cc1ccc2c(oc3cc(C(C)C)ccc32)c1-c1cccc[n+]1C. The molecule has 0 unspecified atom stereocenters. The third-order valence-electron chi connectivity index (χ3n) is 4.85. The average Bonchev–Trinajstić information content (AvgIpc) is 2.93. The molecule has 120 valence electrons. The molecule has 2 heteroatoms. The topological polar surface area (TPSA) is 17.0 Å². The highest BCUT2D eigenvalue weighted by Crippen LogP contribution is 2.37. The maximum atomic E-state index is 6.35. The number of benzene rings is 2. The van der Waals surface area contributed by atoms with Gasteiger partial charge in [0.1, 0.15) is 18.2 Å². The summed E-state index contributed by atoms with van der Waals surface area (Å²) in [4.78, 5) is 0. The van der Waals surface area contributed by atoms with E-state index in [-0.39, 0.29) is 0 Å². The van der Waals surface area contributed by atoms with Crippen LogP contribution in [0.3, 0.4) is 0 Å². The van der Waals surface area contributed by atoms with Gasteiger partial charge in [-0.15, -0.1) is 0 Å². The number of aryl methyl sites for hydroxylation is 2. The van der Waals surface area contributed by atoms with Crippen LogP contribution < -0.4 is 4.57 Å². The molecule has 2 nitrogen and oxygen atoms in total. The highest BCUT2D eigenvalue weighted by atomic mass is 16.3. The van der Waals surface area contributed by atoms with Gasteiger partial charge in [0.25, 0.3) is 0 Å². The van der Waals surface area contributed by atoms with Gasteiger partial charge in [0, 0.05) is 22.9 Å². The molecule has 0 spiro atoms. The Bertz CT molecular complexity index is 1060. The number of aromatic nitrogens is 1. The highest BCUT2D eigenvalue weighted by molar-refractivity contribution is 6.09. The Morgan fingerprint density at radius 1 is 0.958 bits per heavy atom. The molecule has 0 aliphatic carbocycles. The first-order valence-corrected chi connectivity index (χ1v) is 8.47. The minimum atomic E-state index is 0.496. The molecule has 24 heavy (non-hydrogen) atoms. The summed E-state index contributed by atoms with van der Waals surface area (Å²) in [6.07, 6.45) is 2.08. The summed E-state index contributed by atoms with van der Waals surface area (Å²) in [6.45, 7) is 6.57. The molecule has 0 bridgehead atoms. The molecular formula is C22H22NO+. The predicted octanol–water partition coefficient (Wildman–Crippen LogP) is 5.51. The Kier molecular flexibility index (Phi) is 3.42. The number of pyridine rings is 1. The second-order valence-electron chi connectivity index (χ2n) is 6.84. The van der Waals surface area contributed by atoms with Gasteiger partial charge in [-0.2, -0.15) is 0 Å². The van der Waals surface area contributed by atoms with Crippen LogP contribution in [0.15, 0.2) is 59.1 Å². The molecule has 0 fully saturated rings. The lowest BCUT2D eigenvalue weighted by Crippen LogP contribution is -2.30. The van der Waals surface area contributed by atoms with Crippen LogP contribution >= 0.6 is 0 Å². The van der Waals surface area contributed by atoms with Crippen LogP contribution in [0.5, 0.6) is 0 Å². The quantitative estimate of drug-likeness (QED) is 0.446. The van der Waals surface area contributed by atoms with Crippen LogP contribution in [0.25, 0.3) is 33.2 Å². The third kappa shape index (κ3) is 2.22. The highest BCUT2D eigenvalue weighted by Gasteiger charge is 2.20. The number of nitrogens with zero attached hydrogens (tertiary/aromatic N) is 1. The van der Waals surface area contributed by atoms with Gasteiger partial charge in [-0.05, 0) is 36.1 Å². The number of furan rings is 1. The average molecular weight is 316 g/mol. The van der Waals surface area contributed by atoms with E-state index in [1.165, 1.54) is 33.2 Å². The summed E-state index contributed by atoms with van der Waals surface area (Å²) in [5.74, 6) is 0.496. The minimum Gasteiger partial charge on any atom is -0.455 e. The van der Waals surface area contributed by atoms with E-state index in [1.807, 2.05) is 6.07 Å². The van der Waals surface area contributed by atoms with Gasteiger partial charge < -0.3 is 4.42 Å². The predicted molar refractivity (Wildman–Crippen MR) is 99.2 cm³/mol. The first-order chi connectivity index (χ1) is 11.6. The minimum absolute atomic E-state index is 0.496. The lowest BCUT2D eigenvalue weighted by atomic mass is 9.99. The van der Waals surface area contributed by atoms with E-state index in [9.17, 15) is 0 Å². The molecule has 4 rings (SSSR count). The van der Waals surface area contributed by atoms with E-state index < -0.39 is 0 Å². The van der Waals surface area contributed by atoms with E-state index in [4.69, 9.17) is 4.42 Å². The maximum Gasteiger partial charge on any atom is 0.216 e. The normalized spacial score (nSPS) is 11.7. The fraction of sp³-hybridized carbons (Fsp3) is 0.227. The Balaban J connectivity index is 2.09. The fourth-order valence-corrected chi connectivity index (χ4v) is 3.42. The Hall–Kier alpha value is -2.61. The van der Waals surface area contributed by atoms with Crippen LogP contribution in [-0.4, -0.2) is 0 Å². The van der Waals surface area contributed by atoms with E-state index >= 15 is 0 Å². The van der Waals surface area contributed by atoms with Crippen LogP contribution in [0.1, 0.15) is 30.9 Å². The second kappa shape index (κ2) is 5.48. The molecule has 0 saturated heterocycles. The first-order valence-electron chi connectivity index (χ1n) is 8.47. The van der Waals surface area contributed by atoms with Crippen molar-refractivity contribution in [2.45, 2.75) is 26.7 Å². The summed E-state index contributed by atoms with van der Waals surface area (Å²) in [5.41, 5.74) is 6.84. The smallest absolute Gasteiger partial charge is 0.216 e. The number of hydrogen-bond acceptors (Lipinski definition) is 1. The van der Waals surface area contributed by atoms with Crippen molar-refractivity contribution < 1.29 is 8.98 Å². The van der Waals surface area contributed by atoms with Gasteiger partial charge in [0.05, 0.1) is 5.56 Å². The van der Waals surface area contributed by atoms with Crippen LogP contribution in [0.4, 0.5) is 0 Å². The molecule has 0 radical (unpaired) electrons. The second-order valence-corrected chi connectivity index (χ2v) is 6.84. The Labute approximate surface area is 142 Å². The van der Waals surface area contributed by atoms with Crippen molar-refractivity contribution in [3.05, 3.63) is 65.9 Å². The molecule has 2 heterocycles. The van der Waals surface area contributed by atoms with E-state index in [0.29, 0.717) is 5.92 Å². The van der Waals surface area contributed by atoms with Gasteiger partial charge in [-0.25, -0.2) is 4.57 Å². The van der Waals surface area contributed by atoms with Crippen molar-refractivity contribution in [2.75, 3.05) is 0 Å². The van der Waals surface area contributed by atoms with Crippen molar-refractivity contribution in [3.63, 3.8) is 0 Å². The van der Waals surface area contributed by atoms with E-state index in [1.54, 1.807) is 0 Å². The summed E-state index contributed by atoms with van der Waals surface area (Å²) < 4.78 is 8.50. The molecule has 0 aliphatic rings. The maximum absolute atomic E-state index is 6.35. The van der Waals surface area contributed by atoms with E-state index in [0.717, 1.165) is 11.2 Å². The first kappa shape index (κ1) is 14.9. The molecule has 0 amide bonds. The summed E-state index contributed by atoms with van der Waals surface area (Å²) in [7, 11) is 2.08. The zero-order chi connectivity index (χ0) is 16.8. The zero-order valence-corrected chi connectivity index (χ0v) is 14.6. The Morgan fingerprint density at radius 2 is 1.75 bits per heavy atom. The molecule has 0 aliphatic heterocycles. The van der Waals surface area contributed by atoms with Gasteiger partial charge in [0.2, 0.25) is 5.69 Å². The van der Waals surface area contributed by atoms with Crippen molar-refractivity contribution >= 4 is 21.9 Å².